The molecule has 2 aromatic carbocycles. The number of benzene rings is 2. The number of nitrogens with one attached hydrogen (secondary N) is 3. The highest BCUT2D eigenvalue weighted by Crippen LogP contribution is 2.33. The fourth-order valence-electron chi connectivity index (χ4n) is 8.66. The van der Waals surface area contributed by atoms with Crippen molar-refractivity contribution in [3.8, 4) is 16.9 Å². The molecule has 0 aliphatic carbocycles. The molecular weight excluding hydrogens is 895 g/mol. The number of hydrogen-bond donors (Lipinski definition) is 3. The molecule has 3 aromatic heterocycles. The summed E-state index contributed by atoms with van der Waals surface area (Å²) in [6.07, 6.45) is 5.46. The molecule has 0 saturated carbocycles. The van der Waals surface area contributed by atoms with Gasteiger partial charge in [0, 0.05) is 113 Å². The van der Waals surface area contributed by atoms with E-state index in [1.165, 1.54) is 25.4 Å². The number of likely N-dealkylation sites (tertiary alicyclic amines) is 1. The molecule has 7 heterocycles. The first kappa shape index (κ1) is 44.9. The third-order valence-corrected chi connectivity index (χ3v) is 14.1. The normalized spacial score (nSPS) is 18.2. The molecule has 4 aliphatic heterocycles. The lowest BCUT2D eigenvalue weighted by Crippen LogP contribution is -2.54. The summed E-state index contributed by atoms with van der Waals surface area (Å²) in [5, 5.41) is 2.48. The maximum atomic E-state index is 15.6. The van der Waals surface area contributed by atoms with Crippen LogP contribution in [0.2, 0.25) is 0 Å². The molecule has 22 heteroatoms. The number of carbonyl (C=O) groups excluding carboxylic acids is 6. The Morgan fingerprint density at radius 3 is 2.28 bits per heavy atom. The van der Waals surface area contributed by atoms with E-state index in [9.17, 15) is 37.2 Å². The van der Waals surface area contributed by atoms with Gasteiger partial charge >= 0.3 is 16.2 Å². The molecule has 6 amide bonds. The summed E-state index contributed by atoms with van der Waals surface area (Å²) in [6.45, 7) is 4.59. The number of urea groups is 1. The number of ether oxygens (including phenoxy) is 1. The molecule has 4 aliphatic rings. The predicted octanol–water partition coefficient (Wildman–Crippen LogP) is 3.93. The Bertz CT molecular complexity index is 2970. The summed E-state index contributed by atoms with van der Waals surface area (Å²) in [4.78, 5) is 96.1. The van der Waals surface area contributed by atoms with Crippen LogP contribution in [-0.4, -0.2) is 143 Å². The van der Waals surface area contributed by atoms with Crippen molar-refractivity contribution in [2.45, 2.75) is 44.8 Å². The molecule has 67 heavy (non-hydrogen) atoms. The van der Waals surface area contributed by atoms with Crippen LogP contribution >= 0.6 is 0 Å². The van der Waals surface area contributed by atoms with Crippen LogP contribution in [0.4, 0.5) is 25.1 Å². The molecule has 3 saturated heterocycles. The Kier molecular flexibility index (Phi) is 11.9. The Hall–Kier alpha value is -7.33. The van der Waals surface area contributed by atoms with E-state index in [1.54, 1.807) is 41.2 Å². The summed E-state index contributed by atoms with van der Waals surface area (Å²) in [7, 11) is -2.88. The number of amides is 6. The number of imide groups is 2. The number of piperazine rings is 1. The third kappa shape index (κ3) is 8.52. The van der Waals surface area contributed by atoms with Gasteiger partial charge in [0.2, 0.25) is 17.6 Å². The topological polar surface area (TPSA) is 228 Å². The van der Waals surface area contributed by atoms with Crippen molar-refractivity contribution in [2.75, 3.05) is 62.5 Å². The second-order valence-corrected chi connectivity index (χ2v) is 18.4. The summed E-state index contributed by atoms with van der Waals surface area (Å²) in [5.74, 6) is -4.78. The molecule has 9 rings (SSSR count). The van der Waals surface area contributed by atoms with Crippen molar-refractivity contribution in [3.05, 3.63) is 101 Å². The molecule has 0 radical (unpaired) electrons. The number of nitrogens with zero attached hydrogens (tertiary/aromatic N) is 7. The number of piperidine rings is 2. The summed E-state index contributed by atoms with van der Waals surface area (Å²) in [6, 6.07) is 10.5. The van der Waals surface area contributed by atoms with Gasteiger partial charge in [-0.1, -0.05) is 6.92 Å². The van der Waals surface area contributed by atoms with Crippen molar-refractivity contribution in [2.24, 2.45) is 0 Å². The van der Waals surface area contributed by atoms with Gasteiger partial charge in [0.1, 0.15) is 35.2 Å². The first-order chi connectivity index (χ1) is 32.1. The summed E-state index contributed by atoms with van der Waals surface area (Å²) in [5.41, 5.74) is 0.248. The molecule has 1 atom stereocenters. The number of rotatable bonds is 11. The van der Waals surface area contributed by atoms with Gasteiger partial charge in [-0.25, -0.2) is 23.5 Å². The number of halogens is 2. The fourth-order valence-corrected chi connectivity index (χ4v) is 9.59. The molecule has 3 fully saturated rings. The van der Waals surface area contributed by atoms with E-state index in [-0.39, 0.29) is 53.6 Å². The smallest absolute Gasteiger partial charge is 0.320 e. The zero-order chi connectivity index (χ0) is 47.3. The van der Waals surface area contributed by atoms with Crippen LogP contribution in [0.25, 0.3) is 22.2 Å². The van der Waals surface area contributed by atoms with E-state index < -0.39 is 68.5 Å². The fraction of sp³-hybridized carbons (Fsp3) is 0.333. The number of anilines is 2. The lowest BCUT2D eigenvalue weighted by molar-refractivity contribution is -0.136. The van der Waals surface area contributed by atoms with E-state index >= 15 is 8.78 Å². The third-order valence-electron chi connectivity index (χ3n) is 12.6. The van der Waals surface area contributed by atoms with Gasteiger partial charge in [-0.05, 0) is 55.0 Å². The average Bonchev–Trinajstić information content (AvgIpc) is 3.86. The highest BCUT2D eigenvalue weighted by Gasteiger charge is 2.45. The largest absolute Gasteiger partial charge is 0.490 e. The highest BCUT2D eigenvalue weighted by atomic mass is 32.2. The van der Waals surface area contributed by atoms with E-state index in [0.717, 1.165) is 21.3 Å². The predicted molar refractivity (Wildman–Crippen MR) is 237 cm³/mol. The minimum atomic E-state index is -4.16. The van der Waals surface area contributed by atoms with Crippen LogP contribution in [0.3, 0.4) is 0 Å². The molecule has 5 aromatic rings. The first-order valence-electron chi connectivity index (χ1n) is 21.6. The van der Waals surface area contributed by atoms with Crippen LogP contribution in [0.1, 0.15) is 69.2 Å². The second kappa shape index (κ2) is 17.8. The highest BCUT2D eigenvalue weighted by molar-refractivity contribution is 7.90. The van der Waals surface area contributed by atoms with Gasteiger partial charge in [-0.15, -0.1) is 0 Å². The number of pyridine rings is 2. The SMILES string of the molecule is CCN(C)S(=O)(=O)Nc1ccc(F)c(C(=O)c2c[nH]c3ncc(-c4ccc(N5CCN(C(=O)N6CCC(Oc7ccc8c(c7)C(=O)N(C7CCC(=O)NC7=O)C8=O)CC6)CC5)nc4)cc23)c1F. The van der Waals surface area contributed by atoms with Crippen molar-refractivity contribution >= 4 is 68.2 Å². The zero-order valence-electron chi connectivity index (χ0n) is 36.3. The monoisotopic (exact) mass is 938 g/mol. The second-order valence-electron chi connectivity index (χ2n) is 16.6. The van der Waals surface area contributed by atoms with Gasteiger partial charge in [-0.3, -0.25) is 38.9 Å². The Balaban J connectivity index is 0.783. The molecule has 0 spiro atoms. The van der Waals surface area contributed by atoms with Crippen LogP contribution < -0.4 is 19.7 Å². The minimum Gasteiger partial charge on any atom is -0.490 e. The van der Waals surface area contributed by atoms with Gasteiger partial charge in [0.15, 0.2) is 5.82 Å². The number of fused-ring (bicyclic) bond motifs is 2. The lowest BCUT2D eigenvalue weighted by atomic mass is 10.00. The Morgan fingerprint density at radius 2 is 1.58 bits per heavy atom. The molecule has 19 nitrogen and oxygen atoms in total. The molecule has 1 unspecified atom stereocenters. The van der Waals surface area contributed by atoms with Gasteiger partial charge in [0.25, 0.3) is 11.8 Å². The number of carbonyl (C=O) groups is 6. The number of H-pyrrole nitrogens is 1. The lowest BCUT2D eigenvalue weighted by Gasteiger charge is -2.40. The molecular formula is C45H44F2N10O9S. The van der Waals surface area contributed by atoms with Crippen molar-refractivity contribution < 1.29 is 50.7 Å². The minimum absolute atomic E-state index is 0.0282. The number of aromatic amines is 1. The van der Waals surface area contributed by atoms with Crippen LogP contribution in [0.5, 0.6) is 5.75 Å². The van der Waals surface area contributed by atoms with Gasteiger partial charge in [0.05, 0.1) is 22.4 Å². The van der Waals surface area contributed by atoms with E-state index in [0.29, 0.717) is 80.5 Å². The Labute approximate surface area is 382 Å². The van der Waals surface area contributed by atoms with Crippen molar-refractivity contribution in [1.82, 2.24) is 39.3 Å². The Morgan fingerprint density at radius 1 is 0.866 bits per heavy atom. The van der Waals surface area contributed by atoms with Crippen molar-refractivity contribution in [3.63, 3.8) is 0 Å². The first-order valence-corrected chi connectivity index (χ1v) is 23.1. The maximum absolute atomic E-state index is 15.6. The molecule has 0 bridgehead atoms. The van der Waals surface area contributed by atoms with Gasteiger partial charge < -0.3 is 24.4 Å². The summed E-state index contributed by atoms with van der Waals surface area (Å²) >= 11 is 0. The zero-order valence-corrected chi connectivity index (χ0v) is 37.1. The van der Waals surface area contributed by atoms with Crippen molar-refractivity contribution in [1.29, 1.82) is 0 Å². The van der Waals surface area contributed by atoms with Crippen LogP contribution in [-0.2, 0) is 19.8 Å². The van der Waals surface area contributed by atoms with E-state index in [1.807, 2.05) is 12.1 Å². The number of aromatic nitrogens is 3. The molecule has 3 N–H and O–H groups in total. The van der Waals surface area contributed by atoms with E-state index in [2.05, 4.69) is 29.9 Å². The maximum Gasteiger partial charge on any atom is 0.320 e. The average molecular weight is 939 g/mol. The number of ketones is 1. The summed E-state index contributed by atoms with van der Waals surface area (Å²) < 4.78 is 65.0. The van der Waals surface area contributed by atoms with E-state index in [4.69, 9.17) is 4.74 Å². The molecule has 348 valence electrons. The number of hydrogen-bond acceptors (Lipinski definition) is 12. The standard InChI is InChI=1S/C45H44F2N10O9S/c1-3-53(2)67(64,65)52-34-8-7-33(46)38(39(34)47)40(59)32-24-50-41-30(32)20-26(23-49-41)25-4-10-36(48-22-25)54-16-18-56(19-17-54)45(63)55-14-12-27(13-15-55)66-28-5-6-29-31(21-28)44(62)57(43(29)61)35-9-11-37(58)51-42(35)60/h4-8,10,20-24,27,35,52H,3,9,11-19H2,1-2H3,(H,49,50)(H,51,58,60). The van der Waals surface area contributed by atoms with Crippen LogP contribution in [0.15, 0.2) is 67.1 Å². The quantitative estimate of drug-likeness (QED) is 0.127. The van der Waals surface area contributed by atoms with Gasteiger partial charge in [-0.2, -0.15) is 12.7 Å². The van der Waals surface area contributed by atoms with Crippen LogP contribution in [0, 0.1) is 11.6 Å².